The van der Waals surface area contributed by atoms with Crippen molar-refractivity contribution in [2.75, 3.05) is 19.1 Å². The Morgan fingerprint density at radius 1 is 1.29 bits per heavy atom. The fourth-order valence-electron chi connectivity index (χ4n) is 2.02. The van der Waals surface area contributed by atoms with Crippen molar-refractivity contribution in [1.29, 1.82) is 0 Å². The van der Waals surface area contributed by atoms with E-state index in [0.29, 0.717) is 17.7 Å². The van der Waals surface area contributed by atoms with Crippen LogP contribution in [-0.4, -0.2) is 19.1 Å². The monoisotopic (exact) mass is 304 g/mol. The van der Waals surface area contributed by atoms with E-state index in [4.69, 9.17) is 22.7 Å². The van der Waals surface area contributed by atoms with Gasteiger partial charge in [0.1, 0.15) is 16.6 Å². The number of hydrogen-bond acceptors (Lipinski definition) is 3. The SMILES string of the molecule is COc1cccc(N(C)Cc2ccc(C(N)=S)cc2F)c1. The fourth-order valence-corrected chi connectivity index (χ4v) is 2.15. The van der Waals surface area contributed by atoms with Crippen LogP contribution in [0.3, 0.4) is 0 Å². The average Bonchev–Trinajstić information content (AvgIpc) is 2.49. The Morgan fingerprint density at radius 3 is 2.67 bits per heavy atom. The molecule has 0 saturated heterocycles. The molecule has 0 aromatic heterocycles. The van der Waals surface area contributed by atoms with Gasteiger partial charge >= 0.3 is 0 Å². The summed E-state index contributed by atoms with van der Waals surface area (Å²) in [6.07, 6.45) is 0. The van der Waals surface area contributed by atoms with Gasteiger partial charge in [-0.1, -0.05) is 30.4 Å². The van der Waals surface area contributed by atoms with Crippen LogP contribution in [0.15, 0.2) is 42.5 Å². The second kappa shape index (κ2) is 6.54. The van der Waals surface area contributed by atoms with Gasteiger partial charge in [0.15, 0.2) is 0 Å². The van der Waals surface area contributed by atoms with Crippen LogP contribution in [-0.2, 0) is 6.54 Å². The van der Waals surface area contributed by atoms with Crippen LogP contribution in [0.25, 0.3) is 0 Å². The smallest absolute Gasteiger partial charge is 0.128 e. The Hall–Kier alpha value is -2.14. The lowest BCUT2D eigenvalue weighted by molar-refractivity contribution is 0.415. The van der Waals surface area contributed by atoms with E-state index in [1.165, 1.54) is 6.07 Å². The van der Waals surface area contributed by atoms with E-state index in [0.717, 1.165) is 11.4 Å². The van der Waals surface area contributed by atoms with E-state index in [1.807, 2.05) is 36.2 Å². The van der Waals surface area contributed by atoms with Crippen molar-refractivity contribution in [3.63, 3.8) is 0 Å². The molecule has 0 amide bonds. The van der Waals surface area contributed by atoms with Crippen molar-refractivity contribution in [3.8, 4) is 5.75 Å². The fraction of sp³-hybridized carbons (Fsp3) is 0.188. The van der Waals surface area contributed by atoms with Gasteiger partial charge in [-0.2, -0.15) is 0 Å². The maximum absolute atomic E-state index is 14.1. The maximum atomic E-state index is 14.1. The second-order valence-corrected chi connectivity index (χ2v) is 5.17. The molecular formula is C16H17FN2OS. The molecule has 0 bridgehead atoms. The van der Waals surface area contributed by atoms with Gasteiger partial charge < -0.3 is 15.4 Å². The lowest BCUT2D eigenvalue weighted by atomic mass is 10.1. The van der Waals surface area contributed by atoms with Crippen molar-refractivity contribution < 1.29 is 9.13 Å². The van der Waals surface area contributed by atoms with E-state index in [-0.39, 0.29) is 10.8 Å². The molecule has 2 rings (SSSR count). The minimum absolute atomic E-state index is 0.196. The van der Waals surface area contributed by atoms with E-state index < -0.39 is 0 Å². The summed E-state index contributed by atoms with van der Waals surface area (Å²) in [5.74, 6) is 0.457. The van der Waals surface area contributed by atoms with Gasteiger partial charge in [-0.15, -0.1) is 0 Å². The standard InChI is InChI=1S/C16H17FN2OS/c1-19(13-4-3-5-14(9-13)20-2)10-12-7-6-11(16(18)21)8-15(12)17/h3-9H,10H2,1-2H3,(H2,18,21). The Balaban J connectivity index is 2.19. The highest BCUT2D eigenvalue weighted by atomic mass is 32.1. The molecule has 3 nitrogen and oxygen atoms in total. The Labute approximate surface area is 129 Å². The van der Waals surface area contributed by atoms with Gasteiger partial charge in [0.25, 0.3) is 0 Å². The summed E-state index contributed by atoms with van der Waals surface area (Å²) in [6, 6.07) is 12.4. The van der Waals surface area contributed by atoms with Gasteiger partial charge in [-0.25, -0.2) is 4.39 Å². The summed E-state index contributed by atoms with van der Waals surface area (Å²) in [6.45, 7) is 0.441. The van der Waals surface area contributed by atoms with E-state index in [9.17, 15) is 4.39 Å². The molecule has 0 saturated carbocycles. The molecule has 0 spiro atoms. The number of rotatable bonds is 5. The quantitative estimate of drug-likeness (QED) is 0.862. The molecular weight excluding hydrogens is 287 g/mol. The zero-order chi connectivity index (χ0) is 15.4. The number of nitrogens with zero attached hydrogens (tertiary/aromatic N) is 1. The van der Waals surface area contributed by atoms with Crippen LogP contribution < -0.4 is 15.4 Å². The van der Waals surface area contributed by atoms with Gasteiger partial charge in [0, 0.05) is 36.5 Å². The van der Waals surface area contributed by atoms with Crippen molar-refractivity contribution in [3.05, 3.63) is 59.4 Å². The third kappa shape index (κ3) is 3.70. The first kappa shape index (κ1) is 15.3. The molecule has 0 unspecified atom stereocenters. The highest BCUT2D eigenvalue weighted by molar-refractivity contribution is 7.80. The Bertz CT molecular complexity index is 660. The van der Waals surface area contributed by atoms with Crippen molar-refractivity contribution in [2.45, 2.75) is 6.54 Å². The lowest BCUT2D eigenvalue weighted by Crippen LogP contribution is -2.18. The highest BCUT2D eigenvalue weighted by Crippen LogP contribution is 2.22. The Kier molecular flexibility index (Phi) is 4.75. The highest BCUT2D eigenvalue weighted by Gasteiger charge is 2.09. The summed E-state index contributed by atoms with van der Waals surface area (Å²) in [5, 5.41) is 0. The summed E-state index contributed by atoms with van der Waals surface area (Å²) in [4.78, 5) is 2.14. The van der Waals surface area contributed by atoms with Gasteiger partial charge in [0.05, 0.1) is 7.11 Å². The molecule has 0 heterocycles. The van der Waals surface area contributed by atoms with Crippen LogP contribution in [0.1, 0.15) is 11.1 Å². The van der Waals surface area contributed by atoms with E-state index in [2.05, 4.69) is 0 Å². The number of halogens is 1. The zero-order valence-electron chi connectivity index (χ0n) is 12.0. The normalized spacial score (nSPS) is 10.2. The molecule has 0 atom stereocenters. The molecule has 0 aliphatic carbocycles. The number of hydrogen-bond donors (Lipinski definition) is 1. The number of nitrogens with two attached hydrogens (primary N) is 1. The van der Waals surface area contributed by atoms with Gasteiger partial charge in [-0.3, -0.25) is 0 Å². The van der Waals surface area contributed by atoms with Crippen LogP contribution >= 0.6 is 12.2 Å². The molecule has 21 heavy (non-hydrogen) atoms. The van der Waals surface area contributed by atoms with Crippen LogP contribution in [0, 0.1) is 5.82 Å². The van der Waals surface area contributed by atoms with Crippen molar-refractivity contribution in [2.24, 2.45) is 5.73 Å². The third-order valence-electron chi connectivity index (χ3n) is 3.24. The number of benzene rings is 2. The molecule has 2 N–H and O–H groups in total. The van der Waals surface area contributed by atoms with Crippen LogP contribution in [0.4, 0.5) is 10.1 Å². The molecule has 5 heteroatoms. The van der Waals surface area contributed by atoms with Gasteiger partial charge in [0.2, 0.25) is 0 Å². The summed E-state index contributed by atoms with van der Waals surface area (Å²) in [7, 11) is 3.52. The zero-order valence-corrected chi connectivity index (χ0v) is 12.8. The van der Waals surface area contributed by atoms with Gasteiger partial charge in [-0.05, 0) is 18.2 Å². The average molecular weight is 304 g/mol. The first-order chi connectivity index (χ1) is 10.0. The first-order valence-electron chi connectivity index (χ1n) is 6.44. The summed E-state index contributed by atoms with van der Waals surface area (Å²) in [5.41, 5.74) is 7.57. The third-order valence-corrected chi connectivity index (χ3v) is 3.47. The largest absolute Gasteiger partial charge is 0.497 e. The van der Waals surface area contributed by atoms with Crippen LogP contribution in [0.5, 0.6) is 5.75 Å². The maximum Gasteiger partial charge on any atom is 0.128 e. The van der Waals surface area contributed by atoms with Crippen molar-refractivity contribution in [1.82, 2.24) is 0 Å². The molecule has 0 aliphatic rings. The summed E-state index contributed by atoms with van der Waals surface area (Å²) >= 11 is 4.84. The number of ether oxygens (including phenoxy) is 1. The van der Waals surface area contributed by atoms with E-state index in [1.54, 1.807) is 19.2 Å². The molecule has 0 aliphatic heterocycles. The lowest BCUT2D eigenvalue weighted by Gasteiger charge is -2.20. The van der Waals surface area contributed by atoms with E-state index >= 15 is 0 Å². The molecule has 0 radical (unpaired) electrons. The molecule has 0 fully saturated rings. The minimum atomic E-state index is -0.310. The van der Waals surface area contributed by atoms with Crippen molar-refractivity contribution >= 4 is 22.9 Å². The van der Waals surface area contributed by atoms with Crippen LogP contribution in [0.2, 0.25) is 0 Å². The number of anilines is 1. The first-order valence-corrected chi connectivity index (χ1v) is 6.85. The number of thiocarbonyl (C=S) groups is 1. The topological polar surface area (TPSA) is 38.5 Å². The Morgan fingerprint density at radius 2 is 2.05 bits per heavy atom. The number of methoxy groups -OCH3 is 1. The predicted octanol–water partition coefficient (Wildman–Crippen LogP) is 3.10. The molecule has 2 aromatic rings. The minimum Gasteiger partial charge on any atom is -0.497 e. The summed E-state index contributed by atoms with van der Waals surface area (Å²) < 4.78 is 19.3. The molecule has 110 valence electrons. The molecule has 2 aromatic carbocycles. The second-order valence-electron chi connectivity index (χ2n) is 4.73. The predicted molar refractivity (Wildman–Crippen MR) is 87.4 cm³/mol.